The van der Waals surface area contributed by atoms with E-state index in [1.807, 2.05) is 51.1 Å². The summed E-state index contributed by atoms with van der Waals surface area (Å²) in [4.78, 5) is 16.9. The normalized spacial score (nSPS) is 12.3. The first-order valence-corrected chi connectivity index (χ1v) is 7.84. The van der Waals surface area contributed by atoms with Crippen molar-refractivity contribution in [1.82, 2.24) is 30.7 Å². The summed E-state index contributed by atoms with van der Waals surface area (Å²) in [6, 6.07) is 10.9. The molecular formula is C17H20N6O. The van der Waals surface area contributed by atoms with Crippen LogP contribution in [0.5, 0.6) is 0 Å². The van der Waals surface area contributed by atoms with Crippen LogP contribution in [0.4, 0.5) is 0 Å². The highest BCUT2D eigenvalue weighted by atomic mass is 16.2. The highest BCUT2D eigenvalue weighted by molar-refractivity contribution is 5.92. The van der Waals surface area contributed by atoms with Gasteiger partial charge in [-0.2, -0.15) is 10.2 Å². The summed E-state index contributed by atoms with van der Waals surface area (Å²) in [6.07, 6.45) is 0. The predicted octanol–water partition coefficient (Wildman–Crippen LogP) is 2.48. The van der Waals surface area contributed by atoms with Crippen LogP contribution in [-0.2, 0) is 0 Å². The minimum atomic E-state index is -0.442. The number of carbonyl (C=O) groups is 1. The first kappa shape index (κ1) is 15.9. The molecule has 0 aliphatic rings. The van der Waals surface area contributed by atoms with Crippen LogP contribution in [0.25, 0.3) is 0 Å². The maximum absolute atomic E-state index is 12.6. The number of aromatic amines is 2. The second-order valence-corrected chi connectivity index (χ2v) is 5.96. The molecule has 0 radical (unpaired) electrons. The molecule has 1 amide bonds. The number of nitrogens with one attached hydrogen (secondary N) is 3. The topological polar surface area (TPSA) is 99.3 Å². The van der Waals surface area contributed by atoms with Gasteiger partial charge in [0.05, 0.1) is 0 Å². The summed E-state index contributed by atoms with van der Waals surface area (Å²) < 4.78 is 0. The van der Waals surface area contributed by atoms with Gasteiger partial charge in [0.15, 0.2) is 5.82 Å². The van der Waals surface area contributed by atoms with Crippen molar-refractivity contribution in [2.75, 3.05) is 0 Å². The molecule has 3 N–H and O–H groups in total. The van der Waals surface area contributed by atoms with E-state index in [-0.39, 0.29) is 11.8 Å². The molecule has 2 heterocycles. The zero-order valence-corrected chi connectivity index (χ0v) is 13.9. The third kappa shape index (κ3) is 3.34. The van der Waals surface area contributed by atoms with E-state index in [0.29, 0.717) is 17.3 Å². The lowest BCUT2D eigenvalue weighted by Gasteiger charge is -2.15. The smallest absolute Gasteiger partial charge is 0.272 e. The fourth-order valence-electron chi connectivity index (χ4n) is 2.39. The summed E-state index contributed by atoms with van der Waals surface area (Å²) in [7, 11) is 0. The summed E-state index contributed by atoms with van der Waals surface area (Å²) in [5.41, 5.74) is 2.18. The Morgan fingerprint density at radius 3 is 2.46 bits per heavy atom. The van der Waals surface area contributed by atoms with Crippen molar-refractivity contribution in [3.8, 4) is 0 Å². The molecule has 0 aliphatic carbocycles. The van der Waals surface area contributed by atoms with E-state index in [1.165, 1.54) is 0 Å². The fraction of sp³-hybridized carbons (Fsp3) is 0.294. The van der Waals surface area contributed by atoms with E-state index in [1.54, 1.807) is 6.07 Å². The number of hydrogen-bond acceptors (Lipinski definition) is 4. The standard InChI is InChI=1S/C17H20N6O/c1-10(2)13-9-14(22-21-13)17(24)19-15(12-7-5-4-6-8-12)16-18-11(3)20-23-16/h4-10,15H,1-3H3,(H,19,24)(H,21,22)(H,18,20,23)/t15-/m1/s1. The van der Waals surface area contributed by atoms with E-state index >= 15 is 0 Å². The number of amides is 1. The minimum Gasteiger partial charge on any atom is -0.336 e. The number of aryl methyl sites for hydroxylation is 1. The summed E-state index contributed by atoms with van der Waals surface area (Å²) in [5.74, 6) is 1.22. The number of H-pyrrole nitrogens is 2. The van der Waals surface area contributed by atoms with E-state index in [9.17, 15) is 4.79 Å². The van der Waals surface area contributed by atoms with Crippen LogP contribution in [0.1, 0.15) is 59.2 Å². The van der Waals surface area contributed by atoms with Crippen molar-refractivity contribution < 1.29 is 4.79 Å². The van der Waals surface area contributed by atoms with Crippen molar-refractivity contribution in [2.24, 2.45) is 0 Å². The zero-order valence-electron chi connectivity index (χ0n) is 13.9. The van der Waals surface area contributed by atoms with Gasteiger partial charge in [-0.25, -0.2) is 4.98 Å². The third-order valence-corrected chi connectivity index (χ3v) is 3.73. The quantitative estimate of drug-likeness (QED) is 0.671. The molecule has 3 aromatic rings. The lowest BCUT2D eigenvalue weighted by atomic mass is 10.1. The molecule has 0 unspecified atom stereocenters. The van der Waals surface area contributed by atoms with E-state index in [4.69, 9.17) is 0 Å². The second-order valence-electron chi connectivity index (χ2n) is 5.96. The Kier molecular flexibility index (Phi) is 4.41. The Hall–Kier alpha value is -2.96. The number of carbonyl (C=O) groups excluding carboxylic acids is 1. The van der Waals surface area contributed by atoms with E-state index < -0.39 is 6.04 Å². The van der Waals surface area contributed by atoms with Crippen molar-refractivity contribution in [2.45, 2.75) is 32.7 Å². The maximum Gasteiger partial charge on any atom is 0.272 e. The van der Waals surface area contributed by atoms with Gasteiger partial charge in [-0.15, -0.1) is 0 Å². The van der Waals surface area contributed by atoms with E-state index in [2.05, 4.69) is 30.7 Å². The summed E-state index contributed by atoms with van der Waals surface area (Å²) >= 11 is 0. The number of hydrogen-bond donors (Lipinski definition) is 3. The van der Waals surface area contributed by atoms with Crippen molar-refractivity contribution in [3.63, 3.8) is 0 Å². The van der Waals surface area contributed by atoms with Gasteiger partial charge in [-0.3, -0.25) is 15.0 Å². The largest absolute Gasteiger partial charge is 0.336 e. The monoisotopic (exact) mass is 324 g/mol. The van der Waals surface area contributed by atoms with Crippen LogP contribution in [0, 0.1) is 6.92 Å². The molecule has 1 aromatic carbocycles. The van der Waals surface area contributed by atoms with Gasteiger partial charge < -0.3 is 5.32 Å². The van der Waals surface area contributed by atoms with Gasteiger partial charge in [-0.05, 0) is 24.5 Å². The maximum atomic E-state index is 12.6. The minimum absolute atomic E-state index is 0.269. The van der Waals surface area contributed by atoms with Gasteiger partial charge in [0.2, 0.25) is 0 Å². The highest BCUT2D eigenvalue weighted by Gasteiger charge is 2.23. The number of aromatic nitrogens is 5. The van der Waals surface area contributed by atoms with Gasteiger partial charge in [0.25, 0.3) is 5.91 Å². The van der Waals surface area contributed by atoms with Gasteiger partial charge in [0.1, 0.15) is 17.6 Å². The van der Waals surface area contributed by atoms with Crippen LogP contribution in [0.2, 0.25) is 0 Å². The fourth-order valence-corrected chi connectivity index (χ4v) is 2.39. The van der Waals surface area contributed by atoms with Crippen LogP contribution in [0.15, 0.2) is 36.4 Å². The van der Waals surface area contributed by atoms with Crippen molar-refractivity contribution in [1.29, 1.82) is 0 Å². The second kappa shape index (κ2) is 6.66. The molecule has 124 valence electrons. The molecule has 0 fully saturated rings. The molecule has 0 saturated carbocycles. The average Bonchev–Trinajstić information content (AvgIpc) is 3.22. The molecule has 7 heteroatoms. The van der Waals surface area contributed by atoms with Gasteiger partial charge in [-0.1, -0.05) is 44.2 Å². The van der Waals surface area contributed by atoms with Crippen molar-refractivity contribution in [3.05, 3.63) is 65.0 Å². The SMILES string of the molecule is Cc1nc([C@H](NC(=O)c2cc(C(C)C)[nH]n2)c2ccccc2)n[nH]1. The van der Waals surface area contributed by atoms with Gasteiger partial charge >= 0.3 is 0 Å². The van der Waals surface area contributed by atoms with E-state index in [0.717, 1.165) is 11.3 Å². The molecule has 2 aromatic heterocycles. The lowest BCUT2D eigenvalue weighted by molar-refractivity contribution is 0.0936. The average molecular weight is 324 g/mol. The molecule has 0 saturated heterocycles. The molecule has 1 atom stereocenters. The van der Waals surface area contributed by atoms with Crippen molar-refractivity contribution >= 4 is 5.91 Å². The van der Waals surface area contributed by atoms with Crippen LogP contribution in [-0.4, -0.2) is 31.3 Å². The van der Waals surface area contributed by atoms with Crippen LogP contribution < -0.4 is 5.32 Å². The first-order valence-electron chi connectivity index (χ1n) is 7.84. The molecule has 0 bridgehead atoms. The number of nitrogens with zero attached hydrogens (tertiary/aromatic N) is 3. The Morgan fingerprint density at radius 2 is 1.88 bits per heavy atom. The Labute approximate surface area is 139 Å². The van der Waals surface area contributed by atoms with Crippen LogP contribution in [0.3, 0.4) is 0 Å². The molecular weight excluding hydrogens is 304 g/mol. The molecule has 24 heavy (non-hydrogen) atoms. The summed E-state index contributed by atoms with van der Waals surface area (Å²) in [5, 5.41) is 17.0. The molecule has 3 rings (SSSR count). The first-order chi connectivity index (χ1) is 11.5. The lowest BCUT2D eigenvalue weighted by Crippen LogP contribution is -2.30. The van der Waals surface area contributed by atoms with Gasteiger partial charge in [0, 0.05) is 5.69 Å². The highest BCUT2D eigenvalue weighted by Crippen LogP contribution is 2.20. The number of rotatable bonds is 5. The van der Waals surface area contributed by atoms with Crippen LogP contribution >= 0.6 is 0 Å². The summed E-state index contributed by atoms with van der Waals surface area (Å²) in [6.45, 7) is 5.90. The Balaban J connectivity index is 1.87. The number of benzene rings is 1. The molecule has 0 spiro atoms. The molecule has 0 aliphatic heterocycles. The zero-order chi connectivity index (χ0) is 17.1. The third-order valence-electron chi connectivity index (χ3n) is 3.73. The predicted molar refractivity (Wildman–Crippen MR) is 89.5 cm³/mol. The Bertz CT molecular complexity index is 820. The Morgan fingerprint density at radius 1 is 1.12 bits per heavy atom. The molecule has 7 nitrogen and oxygen atoms in total.